The molecule has 0 aliphatic carbocycles. The summed E-state index contributed by atoms with van der Waals surface area (Å²) in [5.74, 6) is 0.376. The van der Waals surface area contributed by atoms with Crippen LogP contribution in [0.5, 0.6) is 0 Å². The molecule has 6 heteroatoms. The number of imidazole rings is 1. The number of para-hydroxylation sites is 1. The monoisotopic (exact) mass is 355 g/mol. The van der Waals surface area contributed by atoms with Crippen LogP contribution >= 0.6 is 39.1 Å². The van der Waals surface area contributed by atoms with Crippen LogP contribution in [0.1, 0.15) is 0 Å². The Morgan fingerprint density at radius 2 is 1.89 bits per heavy atom. The molecule has 1 heterocycles. The second-order valence-electron chi connectivity index (χ2n) is 4.01. The number of nitrogens with zero attached hydrogens (tertiary/aromatic N) is 2. The number of benzene rings is 2. The minimum atomic E-state index is 0.376. The predicted molar refractivity (Wildman–Crippen MR) is 83.2 cm³/mol. The molecule has 0 unspecified atom stereocenters. The van der Waals surface area contributed by atoms with Crippen LogP contribution in [0.4, 0.5) is 5.95 Å². The van der Waals surface area contributed by atoms with Crippen LogP contribution in [-0.2, 0) is 0 Å². The van der Waals surface area contributed by atoms with E-state index in [0.717, 1.165) is 21.2 Å². The Labute approximate surface area is 128 Å². The van der Waals surface area contributed by atoms with E-state index in [1.165, 1.54) is 0 Å². The number of aromatic nitrogens is 2. The normalized spacial score (nSPS) is 11.1. The van der Waals surface area contributed by atoms with Gasteiger partial charge in [0.2, 0.25) is 5.95 Å². The first kappa shape index (κ1) is 12.8. The van der Waals surface area contributed by atoms with E-state index in [0.29, 0.717) is 16.0 Å². The van der Waals surface area contributed by atoms with Gasteiger partial charge in [0, 0.05) is 4.47 Å². The molecule has 0 atom stereocenters. The fourth-order valence-corrected chi connectivity index (χ4v) is 2.66. The number of halogens is 3. The van der Waals surface area contributed by atoms with E-state index in [-0.39, 0.29) is 0 Å². The Bertz CT molecular complexity index is 783. The molecular weight excluding hydrogens is 349 g/mol. The van der Waals surface area contributed by atoms with Crippen LogP contribution < -0.4 is 5.73 Å². The summed E-state index contributed by atoms with van der Waals surface area (Å²) in [6.45, 7) is 0. The molecule has 3 nitrogen and oxygen atoms in total. The largest absolute Gasteiger partial charge is 0.369 e. The Kier molecular flexibility index (Phi) is 3.17. The highest BCUT2D eigenvalue weighted by atomic mass is 79.9. The van der Waals surface area contributed by atoms with E-state index in [1.54, 1.807) is 4.57 Å². The van der Waals surface area contributed by atoms with Crippen LogP contribution in [-0.4, -0.2) is 9.55 Å². The Morgan fingerprint density at radius 3 is 2.63 bits per heavy atom. The first-order chi connectivity index (χ1) is 9.08. The standard InChI is InChI=1S/C13H8BrCl2N3/c14-8-5-4-7(6-10(8)16)19-12-9(15)2-1-3-11(12)18-13(19)17/h1-6H,(H2,17,18). The van der Waals surface area contributed by atoms with Crippen molar-refractivity contribution in [3.05, 3.63) is 50.9 Å². The van der Waals surface area contributed by atoms with Crippen molar-refractivity contribution in [3.63, 3.8) is 0 Å². The van der Waals surface area contributed by atoms with Crippen molar-refractivity contribution in [1.82, 2.24) is 9.55 Å². The highest BCUT2D eigenvalue weighted by Crippen LogP contribution is 2.31. The molecule has 0 saturated heterocycles. The van der Waals surface area contributed by atoms with Gasteiger partial charge in [0.05, 0.1) is 26.8 Å². The van der Waals surface area contributed by atoms with E-state index < -0.39 is 0 Å². The molecule has 0 radical (unpaired) electrons. The molecule has 0 saturated carbocycles. The fourth-order valence-electron chi connectivity index (χ4n) is 1.99. The lowest BCUT2D eigenvalue weighted by Gasteiger charge is -2.08. The number of anilines is 1. The first-order valence-electron chi connectivity index (χ1n) is 5.46. The lowest BCUT2D eigenvalue weighted by molar-refractivity contribution is 1.11. The van der Waals surface area contributed by atoms with Crippen LogP contribution in [0.3, 0.4) is 0 Å². The third-order valence-electron chi connectivity index (χ3n) is 2.81. The Balaban J connectivity index is 2.35. The minimum Gasteiger partial charge on any atom is -0.369 e. The molecule has 96 valence electrons. The van der Waals surface area contributed by atoms with Gasteiger partial charge in [-0.15, -0.1) is 0 Å². The second-order valence-corrected chi connectivity index (χ2v) is 5.68. The van der Waals surface area contributed by atoms with Gasteiger partial charge in [-0.1, -0.05) is 29.3 Å². The molecule has 2 aromatic carbocycles. The maximum absolute atomic E-state index is 6.24. The third-order valence-corrected chi connectivity index (χ3v) is 4.35. The summed E-state index contributed by atoms with van der Waals surface area (Å²) in [5.41, 5.74) is 8.33. The quantitative estimate of drug-likeness (QED) is 0.688. The zero-order valence-electron chi connectivity index (χ0n) is 9.57. The molecule has 0 bridgehead atoms. The second kappa shape index (κ2) is 4.71. The Hall–Kier alpha value is -1.23. The van der Waals surface area contributed by atoms with Crippen molar-refractivity contribution >= 4 is 56.1 Å². The first-order valence-corrected chi connectivity index (χ1v) is 7.00. The molecule has 19 heavy (non-hydrogen) atoms. The number of fused-ring (bicyclic) bond motifs is 1. The fraction of sp³-hybridized carbons (Fsp3) is 0. The zero-order chi connectivity index (χ0) is 13.6. The zero-order valence-corrected chi connectivity index (χ0v) is 12.7. The summed E-state index contributed by atoms with van der Waals surface area (Å²) in [4.78, 5) is 4.30. The van der Waals surface area contributed by atoms with Crippen molar-refractivity contribution in [2.45, 2.75) is 0 Å². The summed E-state index contributed by atoms with van der Waals surface area (Å²) in [6.07, 6.45) is 0. The number of hydrogen-bond donors (Lipinski definition) is 1. The van der Waals surface area contributed by atoms with Crippen LogP contribution in [0, 0.1) is 0 Å². The number of hydrogen-bond acceptors (Lipinski definition) is 2. The summed E-state index contributed by atoms with van der Waals surface area (Å²) >= 11 is 15.7. The van der Waals surface area contributed by atoms with E-state index >= 15 is 0 Å². The van der Waals surface area contributed by atoms with E-state index in [4.69, 9.17) is 28.9 Å². The molecule has 0 fully saturated rings. The summed E-state index contributed by atoms with van der Waals surface area (Å²) < 4.78 is 2.61. The van der Waals surface area contributed by atoms with Gasteiger partial charge in [-0.2, -0.15) is 0 Å². The smallest absolute Gasteiger partial charge is 0.205 e. The van der Waals surface area contributed by atoms with Crippen LogP contribution in [0.2, 0.25) is 10.0 Å². The lowest BCUT2D eigenvalue weighted by Crippen LogP contribution is -2.00. The predicted octanol–water partition coefficient (Wildman–Crippen LogP) is 4.68. The van der Waals surface area contributed by atoms with Crippen LogP contribution in [0.15, 0.2) is 40.9 Å². The average Bonchev–Trinajstić information content (AvgIpc) is 2.70. The molecule has 3 aromatic rings. The molecule has 3 rings (SSSR count). The average molecular weight is 357 g/mol. The minimum absolute atomic E-state index is 0.376. The molecule has 2 N–H and O–H groups in total. The van der Waals surface area contributed by atoms with E-state index in [2.05, 4.69) is 20.9 Å². The Morgan fingerprint density at radius 1 is 1.11 bits per heavy atom. The number of nitrogen functional groups attached to an aromatic ring is 1. The van der Waals surface area contributed by atoms with Crippen molar-refractivity contribution in [3.8, 4) is 5.69 Å². The maximum atomic E-state index is 6.24. The highest BCUT2D eigenvalue weighted by Gasteiger charge is 2.13. The third kappa shape index (κ3) is 2.10. The van der Waals surface area contributed by atoms with Gasteiger partial charge in [-0.3, -0.25) is 4.57 Å². The lowest BCUT2D eigenvalue weighted by atomic mass is 10.3. The topological polar surface area (TPSA) is 43.8 Å². The summed E-state index contributed by atoms with van der Waals surface area (Å²) in [5, 5.41) is 1.20. The number of rotatable bonds is 1. The van der Waals surface area contributed by atoms with Crippen LogP contribution in [0.25, 0.3) is 16.7 Å². The van der Waals surface area contributed by atoms with Crippen molar-refractivity contribution in [2.24, 2.45) is 0 Å². The molecule has 0 aliphatic heterocycles. The summed E-state index contributed by atoms with van der Waals surface area (Å²) in [7, 11) is 0. The SMILES string of the molecule is Nc1nc2cccc(Cl)c2n1-c1ccc(Br)c(Cl)c1. The van der Waals surface area contributed by atoms with Gasteiger partial charge < -0.3 is 5.73 Å². The van der Waals surface area contributed by atoms with E-state index in [1.807, 2.05) is 36.4 Å². The molecule has 0 spiro atoms. The molecule has 1 aromatic heterocycles. The van der Waals surface area contributed by atoms with Gasteiger partial charge in [-0.25, -0.2) is 4.98 Å². The van der Waals surface area contributed by atoms with Gasteiger partial charge >= 0.3 is 0 Å². The van der Waals surface area contributed by atoms with E-state index in [9.17, 15) is 0 Å². The molecule has 0 aliphatic rings. The van der Waals surface area contributed by atoms with Gasteiger partial charge in [0.15, 0.2) is 0 Å². The van der Waals surface area contributed by atoms with Gasteiger partial charge in [-0.05, 0) is 46.3 Å². The molecule has 0 amide bonds. The summed E-state index contributed by atoms with van der Waals surface area (Å²) in [6, 6.07) is 11.1. The highest BCUT2D eigenvalue weighted by molar-refractivity contribution is 9.10. The number of nitrogens with two attached hydrogens (primary N) is 1. The van der Waals surface area contributed by atoms with Gasteiger partial charge in [0.25, 0.3) is 0 Å². The maximum Gasteiger partial charge on any atom is 0.205 e. The molecular formula is C13H8BrCl2N3. The van der Waals surface area contributed by atoms with Crippen molar-refractivity contribution in [2.75, 3.05) is 5.73 Å². The van der Waals surface area contributed by atoms with Gasteiger partial charge in [0.1, 0.15) is 0 Å². The van der Waals surface area contributed by atoms with Crippen molar-refractivity contribution < 1.29 is 0 Å². The van der Waals surface area contributed by atoms with Crippen molar-refractivity contribution in [1.29, 1.82) is 0 Å².